The van der Waals surface area contributed by atoms with Crippen LogP contribution in [0.5, 0.6) is 11.5 Å². The molecule has 27 heavy (non-hydrogen) atoms. The average molecular weight is 410 g/mol. The zero-order chi connectivity index (χ0) is 19.8. The van der Waals surface area contributed by atoms with Gasteiger partial charge >= 0.3 is 0 Å². The van der Waals surface area contributed by atoms with Crippen molar-refractivity contribution in [2.24, 2.45) is 5.10 Å². The average Bonchev–Trinajstić information content (AvgIpc) is 2.62. The molecular weight excluding hydrogens is 389 g/mol. The number of anilines is 1. The van der Waals surface area contributed by atoms with Gasteiger partial charge in [-0.2, -0.15) is 5.10 Å². The topological polar surface area (TPSA) is 63.2 Å². The van der Waals surface area contributed by atoms with E-state index in [4.69, 9.17) is 32.7 Å². The van der Waals surface area contributed by atoms with E-state index in [9.17, 15) is 4.79 Å². The van der Waals surface area contributed by atoms with Gasteiger partial charge in [0, 0.05) is 19.1 Å². The largest absolute Gasteiger partial charge is 0.490 e. The highest BCUT2D eigenvalue weighted by molar-refractivity contribution is 6.32. The van der Waals surface area contributed by atoms with Crippen molar-refractivity contribution >= 4 is 41.0 Å². The van der Waals surface area contributed by atoms with Crippen LogP contribution < -0.4 is 14.9 Å². The van der Waals surface area contributed by atoms with Gasteiger partial charge in [0.05, 0.1) is 23.5 Å². The maximum absolute atomic E-state index is 11.7. The van der Waals surface area contributed by atoms with Gasteiger partial charge in [0.15, 0.2) is 18.1 Å². The maximum Gasteiger partial charge on any atom is 0.259 e. The number of halogens is 2. The molecule has 0 bridgehead atoms. The van der Waals surface area contributed by atoms with Crippen molar-refractivity contribution in [2.45, 2.75) is 6.92 Å². The lowest BCUT2D eigenvalue weighted by molar-refractivity contribution is -0.130. The van der Waals surface area contributed by atoms with E-state index in [0.29, 0.717) is 28.2 Å². The fourth-order valence-electron chi connectivity index (χ4n) is 2.03. The van der Waals surface area contributed by atoms with E-state index in [-0.39, 0.29) is 12.5 Å². The molecule has 0 atom stereocenters. The van der Waals surface area contributed by atoms with Crippen LogP contribution in [0.2, 0.25) is 10.0 Å². The van der Waals surface area contributed by atoms with Crippen LogP contribution in [-0.4, -0.2) is 44.3 Å². The highest BCUT2D eigenvalue weighted by atomic mass is 35.5. The van der Waals surface area contributed by atoms with Gasteiger partial charge in [-0.05, 0) is 48.9 Å². The van der Waals surface area contributed by atoms with Gasteiger partial charge in [0.1, 0.15) is 0 Å². The number of hydrogen-bond acceptors (Lipinski definition) is 5. The number of rotatable bonds is 8. The summed E-state index contributed by atoms with van der Waals surface area (Å²) in [5.41, 5.74) is 4.42. The summed E-state index contributed by atoms with van der Waals surface area (Å²) < 4.78 is 11.2. The van der Waals surface area contributed by atoms with Crippen molar-refractivity contribution < 1.29 is 14.3 Å². The fourth-order valence-corrected chi connectivity index (χ4v) is 2.43. The third-order valence-corrected chi connectivity index (χ3v) is 3.95. The third-order valence-electron chi connectivity index (χ3n) is 3.42. The van der Waals surface area contributed by atoms with Gasteiger partial charge < -0.3 is 14.4 Å². The third kappa shape index (κ3) is 6.34. The number of nitrogens with zero attached hydrogens (tertiary/aromatic N) is 2. The molecular formula is C19H21Cl2N3O3. The Balaban J connectivity index is 2.14. The number of hydrogen-bond donors (Lipinski definition) is 1. The second kappa shape index (κ2) is 10.0. The Bertz CT molecular complexity index is 809. The second-order valence-electron chi connectivity index (χ2n) is 5.72. The first-order chi connectivity index (χ1) is 12.9. The van der Waals surface area contributed by atoms with Gasteiger partial charge in [-0.15, -0.1) is 0 Å². The van der Waals surface area contributed by atoms with Crippen LogP contribution in [0, 0.1) is 0 Å². The highest BCUT2D eigenvalue weighted by Crippen LogP contribution is 2.36. The van der Waals surface area contributed by atoms with Gasteiger partial charge in [0.2, 0.25) is 0 Å². The second-order valence-corrected chi connectivity index (χ2v) is 6.56. The van der Waals surface area contributed by atoms with Crippen LogP contribution in [-0.2, 0) is 4.79 Å². The SMILES string of the molecule is CCOc1cc(/C=N\Nc2ccc(Cl)cc2)cc(Cl)c1OCC(=O)N(C)C. The fraction of sp³-hybridized carbons (Fsp3) is 0.263. The normalized spacial score (nSPS) is 10.7. The van der Waals surface area contributed by atoms with E-state index in [2.05, 4.69) is 10.5 Å². The summed E-state index contributed by atoms with van der Waals surface area (Å²) in [4.78, 5) is 13.2. The number of amides is 1. The molecule has 0 aliphatic heterocycles. The zero-order valence-electron chi connectivity index (χ0n) is 15.3. The summed E-state index contributed by atoms with van der Waals surface area (Å²) in [6.45, 7) is 2.15. The lowest BCUT2D eigenvalue weighted by Crippen LogP contribution is -2.27. The Labute approximate surface area is 168 Å². The molecule has 144 valence electrons. The molecule has 6 nitrogen and oxygen atoms in total. The highest BCUT2D eigenvalue weighted by Gasteiger charge is 2.14. The number of carbonyl (C=O) groups is 1. The minimum absolute atomic E-state index is 0.127. The number of likely N-dealkylation sites (N-methyl/N-ethyl adjacent to an activating group) is 1. The van der Waals surface area contributed by atoms with Crippen LogP contribution >= 0.6 is 23.2 Å². The van der Waals surface area contributed by atoms with Gasteiger partial charge in [-0.25, -0.2) is 0 Å². The molecule has 0 unspecified atom stereocenters. The molecule has 0 saturated carbocycles. The Hall–Kier alpha value is -2.44. The van der Waals surface area contributed by atoms with Crippen molar-refractivity contribution in [3.8, 4) is 11.5 Å². The molecule has 0 aromatic heterocycles. The number of nitrogens with one attached hydrogen (secondary N) is 1. The van der Waals surface area contributed by atoms with Crippen molar-refractivity contribution in [1.29, 1.82) is 0 Å². The van der Waals surface area contributed by atoms with Crippen LogP contribution in [0.3, 0.4) is 0 Å². The minimum atomic E-state index is -0.175. The Morgan fingerprint density at radius 3 is 2.52 bits per heavy atom. The van der Waals surface area contributed by atoms with E-state index in [1.54, 1.807) is 44.6 Å². The molecule has 2 aromatic rings. The van der Waals surface area contributed by atoms with E-state index in [0.717, 1.165) is 11.3 Å². The number of carbonyl (C=O) groups excluding carboxylic acids is 1. The van der Waals surface area contributed by atoms with Gasteiger partial charge in [-0.1, -0.05) is 23.2 Å². The van der Waals surface area contributed by atoms with Gasteiger partial charge in [-0.3, -0.25) is 10.2 Å². The summed E-state index contributed by atoms with van der Waals surface area (Å²) in [6, 6.07) is 10.6. The van der Waals surface area contributed by atoms with Crippen molar-refractivity contribution in [3.63, 3.8) is 0 Å². The standard InChI is InChI=1S/C19H21Cl2N3O3/c1-4-26-17-10-13(11-22-23-15-7-5-14(20)6-8-15)9-16(21)19(17)27-12-18(25)24(2)3/h5-11,23H,4,12H2,1-3H3/b22-11-. The van der Waals surface area contributed by atoms with E-state index < -0.39 is 0 Å². The molecule has 0 fully saturated rings. The monoisotopic (exact) mass is 409 g/mol. The lowest BCUT2D eigenvalue weighted by atomic mass is 10.2. The summed E-state index contributed by atoms with van der Waals surface area (Å²) >= 11 is 12.2. The van der Waals surface area contributed by atoms with E-state index in [1.165, 1.54) is 4.90 Å². The molecule has 0 spiro atoms. The van der Waals surface area contributed by atoms with Crippen LogP contribution in [0.25, 0.3) is 0 Å². The first-order valence-corrected chi connectivity index (χ1v) is 9.00. The molecule has 0 aliphatic carbocycles. The van der Waals surface area contributed by atoms with Crippen molar-refractivity contribution in [2.75, 3.05) is 32.7 Å². The predicted molar refractivity (Wildman–Crippen MR) is 109 cm³/mol. The molecule has 0 saturated heterocycles. The van der Waals surface area contributed by atoms with E-state index in [1.807, 2.05) is 19.1 Å². The van der Waals surface area contributed by atoms with Crippen molar-refractivity contribution in [3.05, 3.63) is 52.0 Å². The summed E-state index contributed by atoms with van der Waals surface area (Å²) in [7, 11) is 3.31. The predicted octanol–water partition coefficient (Wildman–Crippen LogP) is 4.31. The zero-order valence-corrected chi connectivity index (χ0v) is 16.8. The molecule has 2 aromatic carbocycles. The Morgan fingerprint density at radius 1 is 1.19 bits per heavy atom. The first kappa shape index (κ1) is 20.9. The number of benzene rings is 2. The lowest BCUT2D eigenvalue weighted by Gasteiger charge is -2.16. The molecule has 1 N–H and O–H groups in total. The van der Waals surface area contributed by atoms with Gasteiger partial charge in [0.25, 0.3) is 5.91 Å². The molecule has 2 rings (SSSR count). The van der Waals surface area contributed by atoms with Crippen LogP contribution in [0.1, 0.15) is 12.5 Å². The number of ether oxygens (including phenoxy) is 2. The quantitative estimate of drug-likeness (QED) is 0.521. The Morgan fingerprint density at radius 2 is 1.89 bits per heavy atom. The van der Waals surface area contributed by atoms with Crippen LogP contribution in [0.4, 0.5) is 5.69 Å². The molecule has 1 amide bonds. The summed E-state index contributed by atoms with van der Waals surface area (Å²) in [5, 5.41) is 5.16. The summed E-state index contributed by atoms with van der Waals surface area (Å²) in [5.74, 6) is 0.604. The maximum atomic E-state index is 11.7. The molecule has 0 radical (unpaired) electrons. The smallest absolute Gasteiger partial charge is 0.259 e. The summed E-state index contributed by atoms with van der Waals surface area (Å²) in [6.07, 6.45) is 1.61. The minimum Gasteiger partial charge on any atom is -0.490 e. The molecule has 0 aliphatic rings. The number of hydrazone groups is 1. The van der Waals surface area contributed by atoms with E-state index >= 15 is 0 Å². The Kier molecular flexibility index (Phi) is 7.76. The molecule has 0 heterocycles. The van der Waals surface area contributed by atoms with Crippen LogP contribution in [0.15, 0.2) is 41.5 Å². The molecule has 8 heteroatoms. The first-order valence-electron chi connectivity index (χ1n) is 8.24. The van der Waals surface area contributed by atoms with Crippen molar-refractivity contribution in [1.82, 2.24) is 4.90 Å².